The zero-order chi connectivity index (χ0) is 18.6. The summed E-state index contributed by atoms with van der Waals surface area (Å²) in [6, 6.07) is 5.38. The Morgan fingerprint density at radius 3 is 2.32 bits per heavy atom. The van der Waals surface area contributed by atoms with Crippen LogP contribution in [0.25, 0.3) is 0 Å². The number of nitrogens with zero attached hydrogens (tertiary/aromatic N) is 1. The minimum absolute atomic E-state index is 0.0242. The second-order valence-electron chi connectivity index (χ2n) is 6.09. The normalized spacial score (nSPS) is 11.5. The fraction of sp³-hybridized carbons (Fsp3) is 0.412. The molecule has 0 aliphatic carbocycles. The van der Waals surface area contributed by atoms with Gasteiger partial charge in [-0.05, 0) is 38.8 Å². The van der Waals surface area contributed by atoms with Gasteiger partial charge in [0, 0.05) is 19.0 Å². The van der Waals surface area contributed by atoms with Gasteiger partial charge >= 0.3 is 0 Å². The number of amides is 1. The zero-order valence-corrected chi connectivity index (χ0v) is 15.7. The van der Waals surface area contributed by atoms with Crippen molar-refractivity contribution in [3.8, 4) is 0 Å². The number of carbonyl (C=O) groups is 1. The summed E-state index contributed by atoms with van der Waals surface area (Å²) in [5, 5.41) is 6.39. The van der Waals surface area contributed by atoms with Crippen molar-refractivity contribution < 1.29 is 17.7 Å². The third-order valence-corrected chi connectivity index (χ3v) is 5.42. The number of aryl methyl sites for hydroxylation is 4. The van der Waals surface area contributed by atoms with Gasteiger partial charge in [0.05, 0.1) is 17.1 Å². The first kappa shape index (κ1) is 19.1. The highest BCUT2D eigenvalue weighted by atomic mass is 32.2. The van der Waals surface area contributed by atoms with Crippen molar-refractivity contribution in [2.75, 3.05) is 6.54 Å². The fourth-order valence-corrected chi connectivity index (χ4v) is 4.22. The van der Waals surface area contributed by atoms with E-state index in [4.69, 9.17) is 4.52 Å². The van der Waals surface area contributed by atoms with Gasteiger partial charge in [-0.25, -0.2) is 13.1 Å². The first-order valence-electron chi connectivity index (χ1n) is 7.95. The number of hydrogen-bond acceptors (Lipinski definition) is 5. The molecule has 136 valence electrons. The molecule has 8 heteroatoms. The van der Waals surface area contributed by atoms with Crippen LogP contribution in [-0.4, -0.2) is 26.0 Å². The van der Waals surface area contributed by atoms with Crippen LogP contribution in [0.3, 0.4) is 0 Å². The molecule has 0 aliphatic heterocycles. The van der Waals surface area contributed by atoms with Crippen LogP contribution >= 0.6 is 0 Å². The summed E-state index contributed by atoms with van der Waals surface area (Å²) in [4.78, 5) is 12.1. The number of carbonyl (C=O) groups excluding carboxylic acids is 1. The molecule has 7 nitrogen and oxygen atoms in total. The lowest BCUT2D eigenvalue weighted by molar-refractivity contribution is -0.121. The molecule has 1 aromatic heterocycles. The molecule has 1 aromatic carbocycles. The monoisotopic (exact) mass is 365 g/mol. The predicted octanol–water partition coefficient (Wildman–Crippen LogP) is 1.89. The van der Waals surface area contributed by atoms with Gasteiger partial charge in [0.25, 0.3) is 0 Å². The number of aromatic nitrogens is 1. The molecule has 0 saturated carbocycles. The number of nitrogens with one attached hydrogen (secondary N) is 2. The van der Waals surface area contributed by atoms with Gasteiger partial charge in [-0.1, -0.05) is 22.9 Å². The highest BCUT2D eigenvalue weighted by Gasteiger charge is 2.19. The van der Waals surface area contributed by atoms with Crippen molar-refractivity contribution in [3.05, 3.63) is 46.3 Å². The molecule has 0 aliphatic rings. The van der Waals surface area contributed by atoms with E-state index >= 15 is 0 Å². The Kier molecular flexibility index (Phi) is 5.97. The van der Waals surface area contributed by atoms with Crippen LogP contribution in [0.4, 0.5) is 0 Å². The summed E-state index contributed by atoms with van der Waals surface area (Å²) in [5.41, 5.74) is 3.13. The average Bonchev–Trinajstić information content (AvgIpc) is 2.89. The highest BCUT2D eigenvalue weighted by Crippen LogP contribution is 2.21. The van der Waals surface area contributed by atoms with Crippen LogP contribution < -0.4 is 10.0 Å². The molecule has 0 radical (unpaired) electrons. The van der Waals surface area contributed by atoms with Crippen molar-refractivity contribution in [2.24, 2.45) is 0 Å². The summed E-state index contributed by atoms with van der Waals surface area (Å²) >= 11 is 0. The number of hydrogen-bond donors (Lipinski definition) is 2. The van der Waals surface area contributed by atoms with E-state index in [1.807, 2.05) is 19.1 Å². The van der Waals surface area contributed by atoms with Crippen LogP contribution in [0.15, 0.2) is 27.6 Å². The maximum Gasteiger partial charge on any atom is 0.241 e. The minimum atomic E-state index is -3.66. The lowest BCUT2D eigenvalue weighted by Crippen LogP contribution is -2.31. The van der Waals surface area contributed by atoms with E-state index in [1.54, 1.807) is 26.8 Å². The minimum Gasteiger partial charge on any atom is -0.359 e. The van der Waals surface area contributed by atoms with Crippen molar-refractivity contribution in [1.82, 2.24) is 15.2 Å². The second-order valence-corrected chi connectivity index (χ2v) is 7.79. The zero-order valence-electron chi connectivity index (χ0n) is 14.8. The van der Waals surface area contributed by atoms with Gasteiger partial charge < -0.3 is 9.84 Å². The Morgan fingerprint density at radius 2 is 1.76 bits per heavy atom. The summed E-state index contributed by atoms with van der Waals surface area (Å²) in [7, 11) is -3.66. The van der Waals surface area contributed by atoms with E-state index < -0.39 is 10.0 Å². The van der Waals surface area contributed by atoms with Crippen molar-refractivity contribution in [1.29, 1.82) is 0 Å². The lowest BCUT2D eigenvalue weighted by Gasteiger charge is -2.13. The standard InChI is InChI=1S/C17H23N3O4S/c1-11-7-12(2)17(13(3)8-11)25(22,23)19-6-5-16(21)18-10-15-9-14(4)20-24-15/h7-9,19H,5-6,10H2,1-4H3,(H,18,21). The Hall–Kier alpha value is -2.19. The summed E-state index contributed by atoms with van der Waals surface area (Å²) in [6.45, 7) is 7.49. The van der Waals surface area contributed by atoms with Gasteiger partial charge in [0.2, 0.25) is 15.9 Å². The number of benzene rings is 1. The molecule has 0 unspecified atom stereocenters. The predicted molar refractivity (Wildman–Crippen MR) is 93.5 cm³/mol. The third-order valence-electron chi connectivity index (χ3n) is 3.65. The maximum absolute atomic E-state index is 12.5. The Labute approximate surface area is 147 Å². The smallest absolute Gasteiger partial charge is 0.241 e. The van der Waals surface area contributed by atoms with Gasteiger partial charge in [-0.15, -0.1) is 0 Å². The Bertz CT molecular complexity index is 849. The maximum atomic E-state index is 12.5. The lowest BCUT2D eigenvalue weighted by atomic mass is 10.1. The van der Waals surface area contributed by atoms with E-state index in [2.05, 4.69) is 15.2 Å². The topological polar surface area (TPSA) is 101 Å². The molecule has 2 rings (SSSR count). The molecule has 0 fully saturated rings. The Morgan fingerprint density at radius 1 is 1.12 bits per heavy atom. The van der Waals surface area contributed by atoms with Crippen molar-refractivity contribution >= 4 is 15.9 Å². The second kappa shape index (κ2) is 7.79. The SMILES string of the molecule is Cc1cc(C)c(S(=O)(=O)NCCC(=O)NCc2cc(C)no2)c(C)c1. The van der Waals surface area contributed by atoms with E-state index in [9.17, 15) is 13.2 Å². The number of rotatable bonds is 7. The van der Waals surface area contributed by atoms with Gasteiger partial charge in [-0.2, -0.15) is 0 Å². The first-order valence-corrected chi connectivity index (χ1v) is 9.44. The van der Waals surface area contributed by atoms with Gasteiger partial charge in [0.15, 0.2) is 5.76 Å². The van der Waals surface area contributed by atoms with Crippen LogP contribution in [-0.2, 0) is 21.4 Å². The molecular weight excluding hydrogens is 342 g/mol. The Balaban J connectivity index is 1.89. The number of sulfonamides is 1. The summed E-state index contributed by atoms with van der Waals surface area (Å²) < 4.78 is 32.4. The largest absolute Gasteiger partial charge is 0.359 e. The van der Waals surface area contributed by atoms with Crippen LogP contribution in [0.1, 0.15) is 34.6 Å². The van der Waals surface area contributed by atoms with E-state index in [-0.39, 0.29) is 30.3 Å². The van der Waals surface area contributed by atoms with Crippen LogP contribution in [0.2, 0.25) is 0 Å². The quantitative estimate of drug-likeness (QED) is 0.780. The molecule has 2 N–H and O–H groups in total. The molecule has 0 atom stereocenters. The van der Waals surface area contributed by atoms with Gasteiger partial charge in [-0.3, -0.25) is 4.79 Å². The van der Waals surface area contributed by atoms with E-state index in [0.717, 1.165) is 11.3 Å². The van der Waals surface area contributed by atoms with Crippen LogP contribution in [0, 0.1) is 27.7 Å². The molecule has 0 saturated heterocycles. The molecule has 1 heterocycles. The van der Waals surface area contributed by atoms with E-state index in [1.165, 1.54) is 0 Å². The highest BCUT2D eigenvalue weighted by molar-refractivity contribution is 7.89. The molecular formula is C17H23N3O4S. The molecule has 1 amide bonds. The molecule has 0 bridgehead atoms. The summed E-state index contributed by atoms with van der Waals surface area (Å²) in [6.07, 6.45) is 0.0380. The van der Waals surface area contributed by atoms with Gasteiger partial charge in [0.1, 0.15) is 0 Å². The third kappa shape index (κ3) is 5.14. The fourth-order valence-electron chi connectivity index (χ4n) is 2.74. The van der Waals surface area contributed by atoms with Crippen LogP contribution in [0.5, 0.6) is 0 Å². The molecule has 2 aromatic rings. The summed E-state index contributed by atoms with van der Waals surface area (Å²) in [5.74, 6) is 0.284. The van der Waals surface area contributed by atoms with Crippen molar-refractivity contribution in [3.63, 3.8) is 0 Å². The molecule has 25 heavy (non-hydrogen) atoms. The molecule has 0 spiro atoms. The average molecular weight is 365 g/mol. The van der Waals surface area contributed by atoms with Crippen molar-refractivity contribution in [2.45, 2.75) is 45.6 Å². The first-order chi connectivity index (χ1) is 11.7. The van der Waals surface area contributed by atoms with E-state index in [0.29, 0.717) is 16.9 Å².